The van der Waals surface area contributed by atoms with Crippen LogP contribution in [-0.4, -0.2) is 6.61 Å². The Hall–Kier alpha value is 2.15. The maximum atomic E-state index is 11.7. The third-order valence-electron chi connectivity index (χ3n) is 2.72. The van der Waals surface area contributed by atoms with Gasteiger partial charge in [-0.25, -0.2) is 4.57 Å². The van der Waals surface area contributed by atoms with E-state index in [1.807, 2.05) is 32.0 Å². The molecule has 1 aliphatic rings. The molecule has 27 heavy (non-hydrogen) atoms. The van der Waals surface area contributed by atoms with Gasteiger partial charge in [-0.3, -0.25) is 18.2 Å². The molecule has 1 aromatic carbocycles. The van der Waals surface area contributed by atoms with Gasteiger partial charge in [0.2, 0.25) is 0 Å². The molecule has 1 saturated heterocycles. The highest BCUT2D eigenvalue weighted by atomic mass is 36.1. The molecule has 0 spiro atoms. The Morgan fingerprint density at radius 1 is 1.04 bits per heavy atom. The number of hydrogen-bond acceptors (Lipinski definition) is 5. The van der Waals surface area contributed by atoms with Gasteiger partial charge in [-0.2, -0.15) is 0 Å². The minimum Gasteiger partial charge on any atom is -0.296 e. The Balaban J connectivity index is 0.000000563. The first-order valence-electron chi connectivity index (χ1n) is 6.57. The normalized spacial score (nSPS) is 24.7. The van der Waals surface area contributed by atoms with E-state index in [9.17, 15) is 13.7 Å². The quantitative estimate of drug-likeness (QED) is 0.300. The van der Waals surface area contributed by atoms with Crippen LogP contribution in [0, 0.1) is 5.41 Å². The fourth-order valence-corrected chi connectivity index (χ4v) is 3.60. The van der Waals surface area contributed by atoms with Crippen LogP contribution in [0.15, 0.2) is 24.3 Å². The zero-order valence-electron chi connectivity index (χ0n) is 13.5. The molecule has 0 aliphatic carbocycles. The fraction of sp³-hybridized carbons (Fsp3) is 0.455. The summed E-state index contributed by atoms with van der Waals surface area (Å²) in [6, 6.07) is 7.30. The van der Waals surface area contributed by atoms with Crippen molar-refractivity contribution in [2.45, 2.75) is 20.0 Å². The third-order valence-corrected chi connectivity index (χ3v) is 4.50. The van der Waals surface area contributed by atoms with Crippen molar-refractivity contribution in [3.05, 3.63) is 34.9 Å². The van der Waals surface area contributed by atoms with Crippen molar-refractivity contribution < 1.29 is 22.7 Å². The molecule has 0 saturated carbocycles. The Labute approximate surface area is 196 Å². The zero-order valence-corrected chi connectivity index (χ0v) is 22.2. The lowest BCUT2D eigenvalue weighted by molar-refractivity contribution is -0.0202. The highest BCUT2D eigenvalue weighted by molar-refractivity contribution is 8.25. The first-order valence-corrected chi connectivity index (χ1v) is 18.2. The Kier molecular flexibility index (Phi) is 12.6. The zero-order chi connectivity index (χ0) is 21.7. The van der Waals surface area contributed by atoms with Crippen LogP contribution < -0.4 is 0 Å². The van der Waals surface area contributed by atoms with Crippen molar-refractivity contribution in [1.29, 1.82) is 0 Å². The lowest BCUT2D eigenvalue weighted by Crippen LogP contribution is -2.32. The van der Waals surface area contributed by atoms with Crippen molar-refractivity contribution in [3.63, 3.8) is 0 Å². The SMILES string of the molecule is CC1(C)CO[P@@](=O)(Cl)OC1c1ccccc1Cl.O=P(Cl)(Cl)Cl.O=P(Cl)(Cl)Cl. The number of hydrogen-bond donors (Lipinski definition) is 0. The van der Waals surface area contributed by atoms with E-state index >= 15 is 0 Å². The topological polar surface area (TPSA) is 69.7 Å². The van der Waals surface area contributed by atoms with Gasteiger partial charge in [0.05, 0.1) is 6.61 Å². The molecule has 16 heteroatoms. The first kappa shape index (κ1) is 29.1. The smallest absolute Gasteiger partial charge is 0.296 e. The molecule has 1 aliphatic heterocycles. The molecule has 0 N–H and O–H groups in total. The van der Waals surface area contributed by atoms with Crippen molar-refractivity contribution in [2.75, 3.05) is 6.61 Å². The fourth-order valence-electron chi connectivity index (χ4n) is 1.78. The van der Waals surface area contributed by atoms with Crippen LogP contribution in [0.1, 0.15) is 25.5 Å². The summed E-state index contributed by atoms with van der Waals surface area (Å²) in [5.41, 5.74) is 0.441. The molecule has 0 aromatic heterocycles. The third kappa shape index (κ3) is 15.6. The summed E-state index contributed by atoms with van der Waals surface area (Å²) >= 11 is 39.5. The van der Waals surface area contributed by atoms with E-state index < -0.39 is 23.5 Å². The van der Waals surface area contributed by atoms with E-state index in [0.29, 0.717) is 5.02 Å². The first-order chi connectivity index (χ1) is 11.8. The van der Waals surface area contributed by atoms with Gasteiger partial charge in [-0.15, -0.1) is 0 Å². The summed E-state index contributed by atoms with van der Waals surface area (Å²) < 4.78 is 41.1. The molecular weight excluding hydrogens is 589 g/mol. The second-order valence-corrected chi connectivity index (χ2v) is 21.8. The summed E-state index contributed by atoms with van der Waals surface area (Å²) in [6.07, 6.45) is -0.437. The predicted molar refractivity (Wildman–Crippen MR) is 119 cm³/mol. The van der Waals surface area contributed by atoms with E-state index in [1.54, 1.807) is 6.07 Å². The minimum absolute atomic E-state index is 0.268. The van der Waals surface area contributed by atoms with Crippen molar-refractivity contribution in [3.8, 4) is 0 Å². The van der Waals surface area contributed by atoms with Crippen LogP contribution in [0.3, 0.4) is 0 Å². The maximum Gasteiger partial charge on any atom is 0.424 e. The van der Waals surface area contributed by atoms with Crippen LogP contribution in [0.2, 0.25) is 5.02 Å². The van der Waals surface area contributed by atoms with Crippen LogP contribution in [-0.2, 0) is 22.7 Å². The van der Waals surface area contributed by atoms with Gasteiger partial charge in [-0.05, 0) is 73.5 Å². The summed E-state index contributed by atoms with van der Waals surface area (Å²) in [4.78, 5) is 0. The van der Waals surface area contributed by atoms with Gasteiger partial charge in [0, 0.05) is 27.2 Å². The van der Waals surface area contributed by atoms with Crippen molar-refractivity contribution >= 4 is 108 Å². The summed E-state index contributed by atoms with van der Waals surface area (Å²) in [5, 5.41) is -5.87. The molecule has 5 nitrogen and oxygen atoms in total. The number of rotatable bonds is 1. The molecule has 2 atom stereocenters. The average Bonchev–Trinajstić information content (AvgIpc) is 2.39. The van der Waals surface area contributed by atoms with Gasteiger partial charge >= 0.3 is 17.3 Å². The van der Waals surface area contributed by atoms with Gasteiger partial charge in [0.1, 0.15) is 6.10 Å². The van der Waals surface area contributed by atoms with Crippen molar-refractivity contribution in [2.24, 2.45) is 5.41 Å². The number of benzene rings is 1. The van der Waals surface area contributed by atoms with Gasteiger partial charge in [0.25, 0.3) is 0 Å². The lowest BCUT2D eigenvalue weighted by Gasteiger charge is -2.39. The Bertz CT molecular complexity index is 728. The van der Waals surface area contributed by atoms with Crippen LogP contribution in [0.4, 0.5) is 0 Å². The van der Waals surface area contributed by atoms with Crippen LogP contribution in [0.5, 0.6) is 0 Å². The van der Waals surface area contributed by atoms with E-state index in [4.69, 9.17) is 31.9 Å². The Morgan fingerprint density at radius 3 is 1.85 bits per heavy atom. The molecule has 0 radical (unpaired) electrons. The molecule has 0 amide bonds. The number of halogens is 8. The monoisotopic (exact) mass is 598 g/mol. The second kappa shape index (κ2) is 11.7. The summed E-state index contributed by atoms with van der Waals surface area (Å²) in [6.45, 7) is 0.684. The second-order valence-electron chi connectivity index (χ2n) is 5.50. The average molecular weight is 602 g/mol. The van der Waals surface area contributed by atoms with E-state index in [0.717, 1.165) is 5.56 Å². The molecule has 1 heterocycles. The molecule has 2 rings (SSSR count). The van der Waals surface area contributed by atoms with E-state index in [-0.39, 0.29) is 12.0 Å². The molecule has 1 aromatic rings. The standard InChI is InChI=1S/C11H13Cl2O3P.2Cl3OP/c1-11(2)7-15-17(13,14)16-10(11)8-5-3-4-6-9(8)12;2*1-5(2,3)4/h3-6,10H,7H2,1-2H3;;/t10?,17-;;/m0../s1. The minimum atomic E-state index is -3.49. The molecule has 0 bridgehead atoms. The summed E-state index contributed by atoms with van der Waals surface area (Å²) in [5.74, 6) is 0. The molecular formula is C11H13Cl8O5P3. The highest BCUT2D eigenvalue weighted by Crippen LogP contribution is 2.64. The van der Waals surface area contributed by atoms with E-state index in [1.165, 1.54) is 0 Å². The van der Waals surface area contributed by atoms with Gasteiger partial charge in [0.15, 0.2) is 0 Å². The molecule has 1 fully saturated rings. The van der Waals surface area contributed by atoms with Crippen LogP contribution in [0.25, 0.3) is 0 Å². The summed E-state index contributed by atoms with van der Waals surface area (Å²) in [7, 11) is 0. The van der Waals surface area contributed by atoms with E-state index in [2.05, 4.69) is 67.4 Å². The van der Waals surface area contributed by atoms with Gasteiger partial charge in [-0.1, -0.05) is 43.6 Å². The van der Waals surface area contributed by atoms with Gasteiger partial charge < -0.3 is 0 Å². The van der Waals surface area contributed by atoms with Crippen molar-refractivity contribution in [1.82, 2.24) is 0 Å². The Morgan fingerprint density at radius 2 is 1.44 bits per heavy atom. The lowest BCUT2D eigenvalue weighted by atomic mass is 9.83. The maximum absolute atomic E-state index is 11.7. The molecule has 1 unspecified atom stereocenters. The van der Waals surface area contributed by atoms with Crippen LogP contribution >= 0.6 is 108 Å². The predicted octanol–water partition coefficient (Wildman–Crippen LogP) is 10.4. The largest absolute Gasteiger partial charge is 0.424 e. The molecule has 158 valence electrons. The highest BCUT2D eigenvalue weighted by Gasteiger charge is 2.44.